The number of nitroso groups, excluding NO2 is 1. The molecule has 1 saturated carbocycles. The lowest BCUT2D eigenvalue weighted by atomic mass is 9.57. The number of hydrogen-bond acceptors (Lipinski definition) is 13. The number of rotatable bonds is 16. The van der Waals surface area contributed by atoms with Crippen molar-refractivity contribution in [1.82, 2.24) is 5.32 Å². The fourth-order valence-corrected chi connectivity index (χ4v) is 12.1. The van der Waals surface area contributed by atoms with Gasteiger partial charge in [0.15, 0.2) is 26.2 Å². The SMILES string of the molecule is CO[C@H]1C[C@H]2C=C[C@H]3[C@H]4O[C@]2(/C(C)=C/[C@@H](C)[C@@H]([C@@H](C)OC(=O)C[N+]25CC[N+](CC(=O)NCCCC(=O)OCc6ccc([N+](C)=O)cc6)(CC2)CC5)OC1=O)[C@@H]3[C@H](O)[C@@H](C)[C@H]4OC(=O)C1=CC=CC1. The average Bonchev–Trinajstić information content (AvgIpc) is 3.93. The monoisotopic (exact) mass is 945 g/mol. The third-order valence-corrected chi connectivity index (χ3v) is 16.1. The van der Waals surface area contributed by atoms with Crippen LogP contribution in [0, 0.1) is 34.5 Å². The lowest BCUT2D eigenvalue weighted by molar-refractivity contribution is -1.07. The van der Waals surface area contributed by atoms with Crippen molar-refractivity contribution < 1.29 is 71.2 Å². The van der Waals surface area contributed by atoms with Gasteiger partial charge in [0, 0.05) is 77.0 Å². The molecule has 17 nitrogen and oxygen atoms in total. The maximum absolute atomic E-state index is 14.0. The second-order valence-electron chi connectivity index (χ2n) is 20.4. The van der Waals surface area contributed by atoms with Crippen LogP contribution >= 0.6 is 0 Å². The van der Waals surface area contributed by atoms with Gasteiger partial charge in [-0.05, 0) is 56.4 Å². The number of esters is 4. The highest BCUT2D eigenvalue weighted by Gasteiger charge is 2.69. The average molecular weight is 946 g/mol. The van der Waals surface area contributed by atoms with Crippen molar-refractivity contribution in [2.45, 2.75) is 102 Å². The molecule has 3 aliphatic carbocycles. The van der Waals surface area contributed by atoms with Crippen molar-refractivity contribution in [1.29, 1.82) is 0 Å². The van der Waals surface area contributed by atoms with Gasteiger partial charge in [-0.3, -0.25) is 9.59 Å². The summed E-state index contributed by atoms with van der Waals surface area (Å²) in [5.74, 6) is -3.66. The maximum atomic E-state index is 14.0. The minimum atomic E-state index is -1.03. The van der Waals surface area contributed by atoms with Crippen LogP contribution in [-0.4, -0.2) is 164 Å². The fourth-order valence-electron chi connectivity index (χ4n) is 12.1. The van der Waals surface area contributed by atoms with E-state index in [1.807, 2.05) is 45.1 Å². The summed E-state index contributed by atoms with van der Waals surface area (Å²) >= 11 is 0. The second-order valence-corrected chi connectivity index (χ2v) is 20.4. The number of quaternary nitrogens is 2. The molecule has 2 N–H and O–H groups in total. The van der Waals surface area contributed by atoms with Crippen LogP contribution in [0.15, 0.2) is 71.9 Å². The molecule has 1 aromatic rings. The van der Waals surface area contributed by atoms with Crippen LogP contribution in [0.25, 0.3) is 0 Å². The van der Waals surface area contributed by atoms with E-state index >= 15 is 0 Å². The quantitative estimate of drug-likeness (QED) is 0.0612. The summed E-state index contributed by atoms with van der Waals surface area (Å²) in [6, 6.07) is 6.82. The number of hydrogen-bond donors (Lipinski definition) is 2. The minimum Gasteiger partial charge on any atom is -0.461 e. The van der Waals surface area contributed by atoms with Crippen LogP contribution in [0.2, 0.25) is 0 Å². The number of nitrogens with zero attached hydrogens (tertiary/aromatic N) is 3. The standard InChI is InChI=1S/C51H68N4O13/c1-31-26-32(2)51-37(15-18-39-44(51)45(59)33(3)47(48(39)68-51)67-49(60)36-10-7-8-11-36)27-40(63-6)50(61)66-46(31)34(4)65-43(58)29-55-23-20-54(21-24-55,22-25-55)28-41(56)52-19-9-12-42(57)64-30-35-13-16-38(17-14-35)53(5)62/h7-8,10,13-18,26,31,33-34,37,39-40,44-48,59H,9,11-12,19-25,27-30H2,1-6H3/q+2/p+1/b32-26+/t31-,33-,34-,37-,39-,40+,44+,45-,46+,47-,48-,51+,54?,55?/m1/s1. The molecule has 5 fully saturated rings. The van der Waals surface area contributed by atoms with E-state index in [0.717, 1.165) is 35.5 Å². The topological polar surface area (TPSA) is 193 Å². The first-order chi connectivity index (χ1) is 32.5. The third-order valence-electron chi connectivity index (χ3n) is 16.1. The van der Waals surface area contributed by atoms with Crippen LogP contribution in [0.5, 0.6) is 0 Å². The number of amides is 1. The minimum absolute atomic E-state index is 0.0743. The molecule has 1 spiro atoms. The van der Waals surface area contributed by atoms with Gasteiger partial charge in [-0.2, -0.15) is 0 Å². The lowest BCUT2D eigenvalue weighted by Gasteiger charge is -2.54. The Morgan fingerprint density at radius 1 is 1.00 bits per heavy atom. The first-order valence-electron chi connectivity index (χ1n) is 24.3. The molecule has 12 atom stereocenters. The van der Waals surface area contributed by atoms with Gasteiger partial charge in [0.05, 0.1) is 6.10 Å². The van der Waals surface area contributed by atoms with E-state index in [2.05, 4.69) is 11.4 Å². The highest BCUT2D eigenvalue weighted by Crippen LogP contribution is 2.61. The Morgan fingerprint density at radius 3 is 2.34 bits per heavy atom. The Labute approximate surface area is 398 Å². The van der Waals surface area contributed by atoms with E-state index in [4.69, 9.17) is 28.4 Å². The van der Waals surface area contributed by atoms with Crippen molar-refractivity contribution in [3.05, 3.63) is 82.3 Å². The fraction of sp³-hybridized carbons (Fsp3) is 0.627. The van der Waals surface area contributed by atoms with E-state index < -0.39 is 72.0 Å². The number of benzene rings is 1. The van der Waals surface area contributed by atoms with Gasteiger partial charge in [-0.25, -0.2) is 14.4 Å². The van der Waals surface area contributed by atoms with E-state index in [0.29, 0.717) is 65.8 Å². The molecule has 1 amide bonds. The Kier molecular flexibility index (Phi) is 14.6. The summed E-state index contributed by atoms with van der Waals surface area (Å²) in [5.41, 5.74) is 1.68. The summed E-state index contributed by atoms with van der Waals surface area (Å²) in [4.78, 5) is 77.9. The number of allylic oxidation sites excluding steroid dienone is 3. The number of fused-ring (bicyclic) bond motifs is 3. The number of aliphatic hydroxyl groups excluding tert-OH is 1. The zero-order valence-corrected chi connectivity index (χ0v) is 40.2. The molecular weight excluding hydrogens is 877 g/mol. The highest BCUT2D eigenvalue weighted by molar-refractivity contribution is 5.90. The van der Waals surface area contributed by atoms with Crippen LogP contribution < -0.4 is 5.32 Å². The molecule has 6 bridgehead atoms. The number of piperazine rings is 3. The number of carbonyl (C=O) groups is 5. The molecule has 1 aromatic carbocycles. The van der Waals surface area contributed by atoms with Crippen molar-refractivity contribution in [3.63, 3.8) is 0 Å². The number of ether oxygens (including phenoxy) is 6. The summed E-state index contributed by atoms with van der Waals surface area (Å²) in [5, 5.41) is 15.1. The zero-order valence-electron chi connectivity index (χ0n) is 40.2. The van der Waals surface area contributed by atoms with E-state index in [1.165, 1.54) is 14.2 Å². The van der Waals surface area contributed by atoms with Crippen molar-refractivity contribution >= 4 is 35.5 Å². The normalized spacial score (nSPS) is 36.8. The summed E-state index contributed by atoms with van der Waals surface area (Å²) in [6.45, 7) is 12.9. The molecule has 0 aromatic heterocycles. The lowest BCUT2D eigenvalue weighted by Crippen LogP contribution is -2.76. The predicted molar refractivity (Wildman–Crippen MR) is 245 cm³/mol. The first-order valence-corrected chi connectivity index (χ1v) is 24.3. The third kappa shape index (κ3) is 9.87. The Balaban J connectivity index is 0.848. The molecule has 4 saturated heterocycles. The molecule has 9 rings (SSSR count). The first kappa shape index (κ1) is 49.4. The summed E-state index contributed by atoms with van der Waals surface area (Å²) in [6.07, 6.45) is 8.17. The van der Waals surface area contributed by atoms with E-state index in [1.54, 1.807) is 37.3 Å². The molecule has 0 radical (unpaired) electrons. The Bertz CT molecular complexity index is 2230. The number of carbonyl (C=O) groups excluding carboxylic acids is 5. The zero-order chi connectivity index (χ0) is 48.5. The van der Waals surface area contributed by atoms with Gasteiger partial charge in [-0.1, -0.05) is 50.3 Å². The number of nitrogens with one attached hydrogen (secondary N) is 1. The van der Waals surface area contributed by atoms with Gasteiger partial charge in [0.2, 0.25) is 0 Å². The van der Waals surface area contributed by atoms with Crippen LogP contribution in [0.1, 0.15) is 58.9 Å². The van der Waals surface area contributed by atoms with Gasteiger partial charge in [0.1, 0.15) is 75.9 Å². The predicted octanol–water partition coefficient (Wildman–Crippen LogP) is 3.54. The molecule has 5 aliphatic heterocycles. The number of cyclic esters (lactones) is 1. The molecule has 368 valence electrons. The van der Waals surface area contributed by atoms with Crippen LogP contribution in [0.4, 0.5) is 5.69 Å². The van der Waals surface area contributed by atoms with E-state index in [9.17, 15) is 34.0 Å². The largest absolute Gasteiger partial charge is 0.461 e. The second kappa shape index (κ2) is 20.1. The van der Waals surface area contributed by atoms with Crippen molar-refractivity contribution in [2.24, 2.45) is 29.6 Å². The van der Waals surface area contributed by atoms with Crippen LogP contribution in [0.3, 0.4) is 0 Å². The Hall–Kier alpha value is -5.07. The summed E-state index contributed by atoms with van der Waals surface area (Å²) < 4.78 is 38.7. The van der Waals surface area contributed by atoms with E-state index in [-0.39, 0.29) is 55.6 Å². The molecular formula is C51H69N4O13+3. The van der Waals surface area contributed by atoms with Gasteiger partial charge >= 0.3 is 23.9 Å². The molecule has 5 heterocycles. The van der Waals surface area contributed by atoms with Crippen molar-refractivity contribution in [3.8, 4) is 0 Å². The van der Waals surface area contributed by atoms with Gasteiger partial charge in [0.25, 0.3) is 11.6 Å². The molecule has 0 unspecified atom stereocenters. The Morgan fingerprint density at radius 2 is 1.69 bits per heavy atom. The highest BCUT2D eigenvalue weighted by atomic mass is 16.6. The summed E-state index contributed by atoms with van der Waals surface area (Å²) in [7, 11) is 2.88. The molecule has 8 aliphatic rings. The van der Waals surface area contributed by atoms with Crippen molar-refractivity contribution in [2.75, 3.05) is 73.1 Å². The molecule has 68 heavy (non-hydrogen) atoms. The number of aliphatic hydroxyl groups is 1. The van der Waals surface area contributed by atoms with Gasteiger partial charge < -0.3 is 47.8 Å². The number of methoxy groups -OCH3 is 1. The smallest absolute Gasteiger partial charge is 0.362 e. The molecule has 17 heteroatoms. The van der Waals surface area contributed by atoms with Gasteiger partial charge in [-0.15, -0.1) is 0 Å². The van der Waals surface area contributed by atoms with Crippen LogP contribution in [-0.2, 0) is 59.0 Å². The maximum Gasteiger partial charge on any atom is 0.362 e.